The number of fused-ring (bicyclic) bond motifs is 1. The summed E-state index contributed by atoms with van der Waals surface area (Å²) in [6.07, 6.45) is 2.78. The molecule has 1 atom stereocenters. The van der Waals surface area contributed by atoms with E-state index >= 15 is 0 Å². The maximum Gasteiger partial charge on any atom is 0.231 e. The Bertz CT molecular complexity index is 531. The molecule has 1 fully saturated rings. The molecule has 0 bridgehead atoms. The van der Waals surface area contributed by atoms with E-state index in [-0.39, 0.29) is 17.6 Å². The average molecular weight is 243 g/mol. The molecule has 1 aromatic carbocycles. The molecule has 1 heterocycles. The van der Waals surface area contributed by atoms with Gasteiger partial charge in [0.25, 0.3) is 0 Å². The third kappa shape index (κ3) is 1.74. The molecule has 1 aromatic rings. The highest BCUT2D eigenvalue weighted by Crippen LogP contribution is 2.38. The zero-order valence-electron chi connectivity index (χ0n) is 10.8. The molecule has 1 aliphatic heterocycles. The number of hydrogen-bond donors (Lipinski definition) is 0. The Morgan fingerprint density at radius 1 is 1.39 bits per heavy atom. The predicted octanol–water partition coefficient (Wildman–Crippen LogP) is 2.43. The summed E-state index contributed by atoms with van der Waals surface area (Å²) in [5.41, 5.74) is 2.68. The first-order chi connectivity index (χ1) is 8.58. The quantitative estimate of drug-likeness (QED) is 0.765. The van der Waals surface area contributed by atoms with E-state index in [9.17, 15) is 9.59 Å². The van der Waals surface area contributed by atoms with Crippen molar-refractivity contribution in [2.75, 3.05) is 11.9 Å². The van der Waals surface area contributed by atoms with Crippen molar-refractivity contribution in [2.45, 2.75) is 26.2 Å². The first-order valence-electron chi connectivity index (χ1n) is 6.51. The van der Waals surface area contributed by atoms with Gasteiger partial charge in [0, 0.05) is 24.2 Å². The maximum absolute atomic E-state index is 12.3. The predicted molar refractivity (Wildman–Crippen MR) is 69.8 cm³/mol. The number of hydrogen-bond acceptors (Lipinski definition) is 2. The van der Waals surface area contributed by atoms with Crippen molar-refractivity contribution < 1.29 is 9.59 Å². The molecule has 0 N–H and O–H groups in total. The van der Waals surface area contributed by atoms with E-state index in [4.69, 9.17) is 0 Å². The lowest BCUT2D eigenvalue weighted by atomic mass is 9.93. The molecule has 0 spiro atoms. The van der Waals surface area contributed by atoms with Gasteiger partial charge >= 0.3 is 0 Å². The number of amides is 1. The zero-order chi connectivity index (χ0) is 12.9. The molecule has 94 valence electrons. The third-order valence-corrected chi connectivity index (χ3v) is 4.18. The summed E-state index contributed by atoms with van der Waals surface area (Å²) < 4.78 is 0. The minimum atomic E-state index is 0.102. The number of rotatable bonds is 3. The van der Waals surface area contributed by atoms with Crippen molar-refractivity contribution in [1.82, 2.24) is 0 Å². The van der Waals surface area contributed by atoms with E-state index in [0.29, 0.717) is 12.3 Å². The fourth-order valence-electron chi connectivity index (χ4n) is 2.70. The Balaban J connectivity index is 1.89. The van der Waals surface area contributed by atoms with Gasteiger partial charge < -0.3 is 4.90 Å². The standard InChI is InChI=1S/C15H17NO2/c1-9(10-3-4-10)15(18)11-5-6-13-12(7-11)8-14(17)16(13)2/h5-7,9-10H,3-4,8H2,1-2H3. The van der Waals surface area contributed by atoms with Crippen LogP contribution in [0.2, 0.25) is 0 Å². The lowest BCUT2D eigenvalue weighted by molar-refractivity contribution is -0.117. The lowest BCUT2D eigenvalue weighted by Crippen LogP contribution is -2.20. The number of nitrogens with zero attached hydrogens (tertiary/aromatic N) is 1. The van der Waals surface area contributed by atoms with Gasteiger partial charge in [0.1, 0.15) is 0 Å². The van der Waals surface area contributed by atoms with Crippen LogP contribution in [-0.2, 0) is 11.2 Å². The van der Waals surface area contributed by atoms with Gasteiger partial charge in [-0.1, -0.05) is 6.92 Å². The fourth-order valence-corrected chi connectivity index (χ4v) is 2.70. The topological polar surface area (TPSA) is 37.4 Å². The molecule has 0 aromatic heterocycles. The summed E-state index contributed by atoms with van der Waals surface area (Å²) in [6, 6.07) is 5.65. The number of carbonyl (C=O) groups is 2. The van der Waals surface area contributed by atoms with E-state index in [1.807, 2.05) is 25.1 Å². The second-order valence-corrected chi connectivity index (χ2v) is 5.46. The van der Waals surface area contributed by atoms with Crippen molar-refractivity contribution in [3.8, 4) is 0 Å². The molecule has 18 heavy (non-hydrogen) atoms. The van der Waals surface area contributed by atoms with E-state index in [1.54, 1.807) is 11.9 Å². The van der Waals surface area contributed by atoms with Gasteiger partial charge in [0.05, 0.1) is 6.42 Å². The number of benzene rings is 1. The Labute approximate surface area is 107 Å². The molecule has 1 saturated carbocycles. The highest BCUT2D eigenvalue weighted by molar-refractivity contribution is 6.03. The van der Waals surface area contributed by atoms with Crippen molar-refractivity contribution in [2.24, 2.45) is 11.8 Å². The smallest absolute Gasteiger partial charge is 0.231 e. The van der Waals surface area contributed by atoms with Gasteiger partial charge in [-0.25, -0.2) is 0 Å². The Morgan fingerprint density at radius 2 is 2.11 bits per heavy atom. The molecular weight excluding hydrogens is 226 g/mol. The van der Waals surface area contributed by atoms with Crippen LogP contribution < -0.4 is 4.90 Å². The van der Waals surface area contributed by atoms with Crippen LogP contribution in [0.4, 0.5) is 5.69 Å². The molecule has 1 aliphatic carbocycles. The number of anilines is 1. The first-order valence-corrected chi connectivity index (χ1v) is 6.51. The van der Waals surface area contributed by atoms with Crippen molar-refractivity contribution >= 4 is 17.4 Å². The van der Waals surface area contributed by atoms with Crippen LogP contribution >= 0.6 is 0 Å². The summed E-state index contributed by atoms with van der Waals surface area (Å²) in [4.78, 5) is 25.6. The van der Waals surface area contributed by atoms with Gasteiger partial charge in [-0.15, -0.1) is 0 Å². The Kier molecular flexibility index (Phi) is 2.51. The summed E-state index contributed by atoms with van der Waals surface area (Å²) in [5.74, 6) is 1.03. The van der Waals surface area contributed by atoms with Gasteiger partial charge in [0.2, 0.25) is 5.91 Å². The molecule has 3 nitrogen and oxygen atoms in total. The van der Waals surface area contributed by atoms with Gasteiger partial charge in [-0.2, -0.15) is 0 Å². The summed E-state index contributed by atoms with van der Waals surface area (Å²) in [5, 5.41) is 0. The van der Waals surface area contributed by atoms with Gasteiger partial charge in [-0.3, -0.25) is 9.59 Å². The SMILES string of the molecule is CC(C(=O)c1ccc2c(c1)CC(=O)N2C)C1CC1. The Hall–Kier alpha value is -1.64. The summed E-state index contributed by atoms with van der Waals surface area (Å²) >= 11 is 0. The molecular formula is C15H17NO2. The second kappa shape index (κ2) is 3.94. The molecule has 3 rings (SSSR count). The molecule has 1 amide bonds. The number of ketones is 1. The van der Waals surface area contributed by atoms with E-state index in [1.165, 1.54) is 12.8 Å². The minimum Gasteiger partial charge on any atom is -0.315 e. The summed E-state index contributed by atoms with van der Waals surface area (Å²) in [6.45, 7) is 2.02. The van der Waals surface area contributed by atoms with Crippen LogP contribution in [0.3, 0.4) is 0 Å². The van der Waals surface area contributed by atoms with Crippen molar-refractivity contribution in [3.05, 3.63) is 29.3 Å². The maximum atomic E-state index is 12.3. The van der Waals surface area contributed by atoms with Crippen LogP contribution in [0.1, 0.15) is 35.7 Å². The van der Waals surface area contributed by atoms with Crippen LogP contribution in [0.15, 0.2) is 18.2 Å². The average Bonchev–Trinajstić information content (AvgIpc) is 3.16. The van der Waals surface area contributed by atoms with Crippen LogP contribution in [0.5, 0.6) is 0 Å². The Morgan fingerprint density at radius 3 is 2.78 bits per heavy atom. The molecule has 2 aliphatic rings. The monoisotopic (exact) mass is 243 g/mol. The van der Waals surface area contributed by atoms with Crippen LogP contribution in [-0.4, -0.2) is 18.7 Å². The molecule has 3 heteroatoms. The largest absolute Gasteiger partial charge is 0.315 e. The zero-order valence-corrected chi connectivity index (χ0v) is 10.8. The molecule has 0 radical (unpaired) electrons. The van der Waals surface area contributed by atoms with Crippen molar-refractivity contribution in [3.63, 3.8) is 0 Å². The summed E-state index contributed by atoms with van der Waals surface area (Å²) in [7, 11) is 1.78. The highest BCUT2D eigenvalue weighted by atomic mass is 16.2. The van der Waals surface area contributed by atoms with Crippen molar-refractivity contribution in [1.29, 1.82) is 0 Å². The van der Waals surface area contributed by atoms with E-state index < -0.39 is 0 Å². The number of carbonyl (C=O) groups excluding carboxylic acids is 2. The normalized spacial score (nSPS) is 19.9. The van der Waals surface area contributed by atoms with Crippen LogP contribution in [0, 0.1) is 11.8 Å². The lowest BCUT2D eigenvalue weighted by Gasteiger charge is -2.12. The molecule has 1 unspecified atom stereocenters. The van der Waals surface area contributed by atoms with E-state index in [2.05, 4.69) is 0 Å². The highest BCUT2D eigenvalue weighted by Gasteiger charge is 2.33. The van der Waals surface area contributed by atoms with Gasteiger partial charge in [-0.05, 0) is 42.5 Å². The second-order valence-electron chi connectivity index (χ2n) is 5.46. The van der Waals surface area contributed by atoms with E-state index in [0.717, 1.165) is 16.8 Å². The number of Topliss-reactive ketones (excluding diaryl/α,β-unsaturated/α-hetero) is 1. The third-order valence-electron chi connectivity index (χ3n) is 4.18. The first kappa shape index (κ1) is 11.5. The molecule has 0 saturated heterocycles. The minimum absolute atomic E-state index is 0.102. The fraction of sp³-hybridized carbons (Fsp3) is 0.467. The van der Waals surface area contributed by atoms with Gasteiger partial charge in [0.15, 0.2) is 5.78 Å². The van der Waals surface area contributed by atoms with Crippen LogP contribution in [0.25, 0.3) is 0 Å². The number of likely N-dealkylation sites (N-methyl/N-ethyl adjacent to an activating group) is 1.